The molecule has 1 aromatic carbocycles. The van der Waals surface area contributed by atoms with Crippen molar-refractivity contribution in [2.45, 2.75) is 13.0 Å². The van der Waals surface area contributed by atoms with Gasteiger partial charge in [0.25, 0.3) is 5.91 Å². The number of carbonyl (C=O) groups is 1. The Morgan fingerprint density at radius 3 is 3.11 bits per heavy atom. The minimum absolute atomic E-state index is 0.430. The van der Waals surface area contributed by atoms with E-state index >= 15 is 0 Å². The number of aliphatic hydroxyl groups excluding tert-OH is 1. The lowest BCUT2D eigenvalue weighted by Crippen LogP contribution is -2.28. The SMILES string of the molecule is C=CCOc1cccc(C=NNC(=O)C(C)O)c1. The van der Waals surface area contributed by atoms with Crippen LogP contribution in [0.25, 0.3) is 0 Å². The molecule has 96 valence electrons. The van der Waals surface area contributed by atoms with Gasteiger partial charge in [0.15, 0.2) is 0 Å². The van der Waals surface area contributed by atoms with Crippen molar-refractivity contribution in [3.05, 3.63) is 42.5 Å². The van der Waals surface area contributed by atoms with Crippen LogP contribution < -0.4 is 10.2 Å². The van der Waals surface area contributed by atoms with Crippen molar-refractivity contribution >= 4 is 12.1 Å². The van der Waals surface area contributed by atoms with Gasteiger partial charge in [0.05, 0.1) is 6.21 Å². The van der Waals surface area contributed by atoms with Crippen molar-refractivity contribution in [3.8, 4) is 5.75 Å². The molecule has 1 amide bonds. The van der Waals surface area contributed by atoms with Gasteiger partial charge in [-0.15, -0.1) is 0 Å². The first-order chi connectivity index (χ1) is 8.63. The highest BCUT2D eigenvalue weighted by molar-refractivity contribution is 5.84. The Hall–Kier alpha value is -2.14. The molecule has 18 heavy (non-hydrogen) atoms. The van der Waals surface area contributed by atoms with E-state index in [4.69, 9.17) is 9.84 Å². The summed E-state index contributed by atoms with van der Waals surface area (Å²) in [6.07, 6.45) is 2.05. The quantitative estimate of drug-likeness (QED) is 0.449. The lowest BCUT2D eigenvalue weighted by molar-refractivity contribution is -0.128. The van der Waals surface area contributed by atoms with E-state index in [9.17, 15) is 4.79 Å². The lowest BCUT2D eigenvalue weighted by Gasteiger charge is -2.03. The van der Waals surface area contributed by atoms with Gasteiger partial charge in [-0.2, -0.15) is 5.10 Å². The number of hydrazone groups is 1. The molecule has 1 unspecified atom stereocenters. The number of benzene rings is 1. The molecule has 2 N–H and O–H groups in total. The second-order valence-corrected chi connectivity index (χ2v) is 3.58. The molecule has 0 aliphatic rings. The number of hydrogen-bond acceptors (Lipinski definition) is 4. The van der Waals surface area contributed by atoms with Crippen LogP contribution in [0.15, 0.2) is 42.0 Å². The molecule has 0 aliphatic heterocycles. The van der Waals surface area contributed by atoms with Crippen LogP contribution in [0.1, 0.15) is 12.5 Å². The molecule has 0 bridgehead atoms. The molecule has 0 radical (unpaired) electrons. The fourth-order valence-corrected chi connectivity index (χ4v) is 1.10. The summed E-state index contributed by atoms with van der Waals surface area (Å²) in [6, 6.07) is 7.23. The van der Waals surface area contributed by atoms with E-state index < -0.39 is 12.0 Å². The average Bonchev–Trinajstić information content (AvgIpc) is 2.36. The molecule has 0 fully saturated rings. The second kappa shape index (κ2) is 7.24. The highest BCUT2D eigenvalue weighted by Crippen LogP contribution is 2.11. The molecule has 0 saturated carbocycles. The van der Waals surface area contributed by atoms with Gasteiger partial charge in [-0.1, -0.05) is 24.8 Å². The zero-order chi connectivity index (χ0) is 13.4. The largest absolute Gasteiger partial charge is 0.490 e. The molecular formula is C13H16N2O3. The van der Waals surface area contributed by atoms with Gasteiger partial charge in [-0.3, -0.25) is 4.79 Å². The summed E-state index contributed by atoms with van der Waals surface area (Å²) in [7, 11) is 0. The zero-order valence-corrected chi connectivity index (χ0v) is 10.2. The Morgan fingerprint density at radius 1 is 1.67 bits per heavy atom. The number of nitrogens with zero attached hydrogens (tertiary/aromatic N) is 1. The van der Waals surface area contributed by atoms with Crippen LogP contribution in [0.3, 0.4) is 0 Å². The number of hydrogen-bond donors (Lipinski definition) is 2. The Bertz CT molecular complexity index is 442. The van der Waals surface area contributed by atoms with Crippen LogP contribution in [-0.2, 0) is 4.79 Å². The van der Waals surface area contributed by atoms with E-state index in [1.165, 1.54) is 13.1 Å². The van der Waals surface area contributed by atoms with Gasteiger partial charge in [-0.25, -0.2) is 5.43 Å². The third kappa shape index (κ3) is 4.80. The highest BCUT2D eigenvalue weighted by Gasteiger charge is 2.05. The first-order valence-corrected chi connectivity index (χ1v) is 5.48. The van der Waals surface area contributed by atoms with Gasteiger partial charge in [0.2, 0.25) is 0 Å². The van der Waals surface area contributed by atoms with Crippen LogP contribution in [0.2, 0.25) is 0 Å². The maximum Gasteiger partial charge on any atom is 0.268 e. The summed E-state index contributed by atoms with van der Waals surface area (Å²) in [5.74, 6) is 0.144. The smallest absolute Gasteiger partial charge is 0.268 e. The highest BCUT2D eigenvalue weighted by atomic mass is 16.5. The van der Waals surface area contributed by atoms with Crippen molar-refractivity contribution in [2.24, 2.45) is 5.10 Å². The molecule has 0 saturated heterocycles. The number of ether oxygens (including phenoxy) is 1. The van der Waals surface area contributed by atoms with E-state index in [-0.39, 0.29) is 0 Å². The van der Waals surface area contributed by atoms with E-state index in [1.807, 2.05) is 18.2 Å². The minimum atomic E-state index is -1.08. The summed E-state index contributed by atoms with van der Waals surface area (Å²) in [6.45, 7) is 5.36. The number of rotatable bonds is 6. The van der Waals surface area contributed by atoms with Crippen LogP contribution >= 0.6 is 0 Å². The van der Waals surface area contributed by atoms with Crippen LogP contribution in [-0.4, -0.2) is 29.9 Å². The second-order valence-electron chi connectivity index (χ2n) is 3.58. The number of carbonyl (C=O) groups excluding carboxylic acids is 1. The maximum atomic E-state index is 11.0. The van der Waals surface area contributed by atoms with Crippen LogP contribution in [0.4, 0.5) is 0 Å². The zero-order valence-electron chi connectivity index (χ0n) is 10.2. The minimum Gasteiger partial charge on any atom is -0.490 e. The van der Waals surface area contributed by atoms with Gasteiger partial charge in [-0.05, 0) is 24.6 Å². The molecule has 1 atom stereocenters. The van der Waals surface area contributed by atoms with Gasteiger partial charge in [0.1, 0.15) is 18.5 Å². The summed E-state index contributed by atoms with van der Waals surface area (Å²) in [4.78, 5) is 11.0. The predicted octanol–water partition coefficient (Wildman–Crippen LogP) is 1.08. The topological polar surface area (TPSA) is 70.9 Å². The van der Waals surface area contributed by atoms with Crippen molar-refractivity contribution in [1.29, 1.82) is 0 Å². The maximum absolute atomic E-state index is 11.0. The third-order valence-electron chi connectivity index (χ3n) is 1.99. The average molecular weight is 248 g/mol. The Kier molecular flexibility index (Phi) is 5.60. The molecule has 0 spiro atoms. The summed E-state index contributed by atoms with van der Waals surface area (Å²) in [5.41, 5.74) is 3.00. The van der Waals surface area contributed by atoms with E-state index in [2.05, 4.69) is 17.1 Å². The fraction of sp³-hybridized carbons (Fsp3) is 0.231. The van der Waals surface area contributed by atoms with E-state index in [0.717, 1.165) is 5.56 Å². The molecule has 1 rings (SSSR count). The van der Waals surface area contributed by atoms with Crippen LogP contribution in [0, 0.1) is 0 Å². The fourth-order valence-electron chi connectivity index (χ4n) is 1.10. The van der Waals surface area contributed by atoms with E-state index in [0.29, 0.717) is 12.4 Å². The third-order valence-corrected chi connectivity index (χ3v) is 1.99. The van der Waals surface area contributed by atoms with Crippen molar-refractivity contribution in [3.63, 3.8) is 0 Å². The van der Waals surface area contributed by atoms with Gasteiger partial charge >= 0.3 is 0 Å². The summed E-state index contributed by atoms with van der Waals surface area (Å²) >= 11 is 0. The number of amides is 1. The van der Waals surface area contributed by atoms with Crippen molar-refractivity contribution in [2.75, 3.05) is 6.61 Å². The molecule has 0 heterocycles. The van der Waals surface area contributed by atoms with Crippen molar-refractivity contribution in [1.82, 2.24) is 5.43 Å². The first-order valence-electron chi connectivity index (χ1n) is 5.48. The molecule has 1 aromatic rings. The normalized spacial score (nSPS) is 12.1. The van der Waals surface area contributed by atoms with Gasteiger partial charge in [0, 0.05) is 0 Å². The van der Waals surface area contributed by atoms with E-state index in [1.54, 1.807) is 12.1 Å². The number of aliphatic hydroxyl groups is 1. The van der Waals surface area contributed by atoms with Crippen molar-refractivity contribution < 1.29 is 14.6 Å². The summed E-state index contributed by atoms with van der Waals surface area (Å²) in [5, 5.41) is 12.7. The summed E-state index contributed by atoms with van der Waals surface area (Å²) < 4.78 is 5.35. The molecule has 0 aromatic heterocycles. The van der Waals surface area contributed by atoms with Gasteiger partial charge < -0.3 is 9.84 Å². The standard InChI is InChI=1S/C13H16N2O3/c1-3-7-18-12-6-4-5-11(8-12)9-14-15-13(17)10(2)16/h3-6,8-10,16H,1,7H2,2H3,(H,15,17). The number of nitrogens with one attached hydrogen (secondary N) is 1. The predicted molar refractivity (Wildman–Crippen MR) is 69.6 cm³/mol. The molecule has 5 heteroatoms. The lowest BCUT2D eigenvalue weighted by atomic mass is 10.2. The Balaban J connectivity index is 2.58. The molecule has 0 aliphatic carbocycles. The van der Waals surface area contributed by atoms with Crippen LogP contribution in [0.5, 0.6) is 5.75 Å². The molecule has 5 nitrogen and oxygen atoms in total. The Labute approximate surface area is 106 Å². The first kappa shape index (κ1) is 13.9. The molecular weight excluding hydrogens is 232 g/mol. The Morgan fingerprint density at radius 2 is 2.44 bits per heavy atom. The monoisotopic (exact) mass is 248 g/mol.